The van der Waals surface area contributed by atoms with Gasteiger partial charge in [-0.3, -0.25) is 9.48 Å². The standard InChI is InChI=1S/C19H24N6O/c1-14(16-9-22-24(2)11-16)23-19(26)18(20)8-17-12-25(13-21-17)10-15-6-4-3-5-7-15/h3-7,9,11-14,18H,8,10,20H2,1-2H3,(H,23,26)/t14?,18-/m0/s1. The number of carbonyl (C=O) groups excluding carboxylic acids is 1. The highest BCUT2D eigenvalue weighted by atomic mass is 16.2. The van der Waals surface area contributed by atoms with Crippen molar-refractivity contribution >= 4 is 5.91 Å². The van der Waals surface area contributed by atoms with Crippen LogP contribution in [0.25, 0.3) is 0 Å². The van der Waals surface area contributed by atoms with Crippen molar-refractivity contribution in [3.8, 4) is 0 Å². The van der Waals surface area contributed by atoms with E-state index in [0.717, 1.165) is 17.8 Å². The zero-order valence-electron chi connectivity index (χ0n) is 15.0. The molecule has 3 rings (SSSR count). The van der Waals surface area contributed by atoms with Crippen molar-refractivity contribution in [1.82, 2.24) is 24.6 Å². The van der Waals surface area contributed by atoms with Crippen LogP contribution in [0.4, 0.5) is 0 Å². The van der Waals surface area contributed by atoms with E-state index in [1.165, 1.54) is 5.56 Å². The maximum Gasteiger partial charge on any atom is 0.237 e. The summed E-state index contributed by atoms with van der Waals surface area (Å²) in [5, 5.41) is 7.04. The number of hydrogen-bond donors (Lipinski definition) is 2. The molecule has 0 aliphatic rings. The Bertz CT molecular complexity index is 854. The molecule has 1 aromatic carbocycles. The quantitative estimate of drug-likeness (QED) is 0.673. The fraction of sp³-hybridized carbons (Fsp3) is 0.316. The van der Waals surface area contributed by atoms with Crippen molar-refractivity contribution in [2.45, 2.75) is 32.0 Å². The Morgan fingerprint density at radius 1 is 1.27 bits per heavy atom. The summed E-state index contributed by atoms with van der Waals surface area (Å²) in [5.74, 6) is -0.195. The van der Waals surface area contributed by atoms with E-state index in [1.807, 2.05) is 49.1 Å². The molecule has 3 aromatic rings. The van der Waals surface area contributed by atoms with Crippen molar-refractivity contribution in [2.75, 3.05) is 0 Å². The average Bonchev–Trinajstić information content (AvgIpc) is 3.24. The van der Waals surface area contributed by atoms with Gasteiger partial charge in [-0.15, -0.1) is 0 Å². The first-order chi connectivity index (χ1) is 12.5. The Morgan fingerprint density at radius 3 is 2.73 bits per heavy atom. The number of nitrogens with one attached hydrogen (secondary N) is 1. The van der Waals surface area contributed by atoms with Crippen LogP contribution < -0.4 is 11.1 Å². The molecule has 7 nitrogen and oxygen atoms in total. The lowest BCUT2D eigenvalue weighted by Gasteiger charge is -2.16. The largest absolute Gasteiger partial charge is 0.348 e. The van der Waals surface area contributed by atoms with Crippen LogP contribution in [0.3, 0.4) is 0 Å². The first kappa shape index (κ1) is 17.9. The second-order valence-corrected chi connectivity index (χ2v) is 6.51. The van der Waals surface area contributed by atoms with Gasteiger partial charge in [-0.05, 0) is 12.5 Å². The smallest absolute Gasteiger partial charge is 0.237 e. The maximum absolute atomic E-state index is 12.3. The topological polar surface area (TPSA) is 90.8 Å². The maximum atomic E-state index is 12.3. The molecule has 0 saturated heterocycles. The summed E-state index contributed by atoms with van der Waals surface area (Å²) in [6.07, 6.45) is 7.72. The minimum Gasteiger partial charge on any atom is -0.348 e. The number of carbonyl (C=O) groups is 1. The van der Waals surface area contributed by atoms with Gasteiger partial charge >= 0.3 is 0 Å². The molecule has 2 atom stereocenters. The van der Waals surface area contributed by atoms with E-state index < -0.39 is 6.04 Å². The van der Waals surface area contributed by atoms with Crippen LogP contribution in [-0.2, 0) is 24.8 Å². The Morgan fingerprint density at radius 2 is 2.04 bits per heavy atom. The molecule has 7 heteroatoms. The monoisotopic (exact) mass is 352 g/mol. The Hall–Kier alpha value is -2.93. The van der Waals surface area contributed by atoms with Crippen LogP contribution >= 0.6 is 0 Å². The zero-order chi connectivity index (χ0) is 18.5. The summed E-state index contributed by atoms with van der Waals surface area (Å²) in [4.78, 5) is 16.7. The number of benzene rings is 1. The van der Waals surface area contributed by atoms with Crippen LogP contribution in [0.2, 0.25) is 0 Å². The number of imidazole rings is 1. The predicted octanol–water partition coefficient (Wildman–Crippen LogP) is 1.41. The molecular weight excluding hydrogens is 328 g/mol. The van der Waals surface area contributed by atoms with E-state index in [0.29, 0.717) is 6.42 Å². The number of hydrogen-bond acceptors (Lipinski definition) is 4. The fourth-order valence-corrected chi connectivity index (χ4v) is 2.78. The molecule has 1 amide bonds. The van der Waals surface area contributed by atoms with E-state index in [4.69, 9.17) is 5.73 Å². The van der Waals surface area contributed by atoms with Gasteiger partial charge < -0.3 is 15.6 Å². The summed E-state index contributed by atoms with van der Waals surface area (Å²) in [6, 6.07) is 9.37. The van der Waals surface area contributed by atoms with E-state index >= 15 is 0 Å². The zero-order valence-corrected chi connectivity index (χ0v) is 15.0. The fourth-order valence-electron chi connectivity index (χ4n) is 2.78. The van der Waals surface area contributed by atoms with Gasteiger partial charge in [-0.2, -0.15) is 5.10 Å². The molecule has 1 unspecified atom stereocenters. The Labute approximate surface area is 152 Å². The van der Waals surface area contributed by atoms with Crippen molar-refractivity contribution in [1.29, 1.82) is 0 Å². The second kappa shape index (κ2) is 7.97. The summed E-state index contributed by atoms with van der Waals surface area (Å²) in [5.41, 5.74) is 9.01. The summed E-state index contributed by atoms with van der Waals surface area (Å²) in [6.45, 7) is 2.66. The SMILES string of the molecule is CC(NC(=O)[C@@H](N)Cc1cn(Cc2ccccc2)cn1)c1cnn(C)c1. The normalized spacial score (nSPS) is 13.3. The predicted molar refractivity (Wildman–Crippen MR) is 99.2 cm³/mol. The average molecular weight is 352 g/mol. The molecule has 0 bridgehead atoms. The van der Waals surface area contributed by atoms with Gasteiger partial charge in [0.25, 0.3) is 0 Å². The second-order valence-electron chi connectivity index (χ2n) is 6.51. The van der Waals surface area contributed by atoms with Crippen LogP contribution in [0.1, 0.15) is 29.8 Å². The van der Waals surface area contributed by atoms with Gasteiger partial charge in [0.1, 0.15) is 0 Å². The molecule has 26 heavy (non-hydrogen) atoms. The molecule has 0 fully saturated rings. The van der Waals surface area contributed by atoms with Crippen LogP contribution in [0.5, 0.6) is 0 Å². The van der Waals surface area contributed by atoms with Crippen molar-refractivity contribution < 1.29 is 4.79 Å². The molecule has 0 aliphatic carbocycles. The highest BCUT2D eigenvalue weighted by Crippen LogP contribution is 2.11. The van der Waals surface area contributed by atoms with Gasteiger partial charge in [-0.25, -0.2) is 4.98 Å². The van der Waals surface area contributed by atoms with Gasteiger partial charge in [0.2, 0.25) is 5.91 Å². The summed E-state index contributed by atoms with van der Waals surface area (Å²) in [7, 11) is 1.84. The lowest BCUT2D eigenvalue weighted by Crippen LogP contribution is -2.43. The van der Waals surface area contributed by atoms with Crippen molar-refractivity contribution in [3.63, 3.8) is 0 Å². The number of aromatic nitrogens is 4. The lowest BCUT2D eigenvalue weighted by molar-refractivity contribution is -0.123. The van der Waals surface area contributed by atoms with Crippen LogP contribution in [-0.4, -0.2) is 31.3 Å². The third-order valence-corrected chi connectivity index (χ3v) is 4.24. The minimum absolute atomic E-state index is 0.141. The molecule has 3 N–H and O–H groups in total. The first-order valence-corrected chi connectivity index (χ1v) is 8.60. The molecule has 0 aliphatic heterocycles. The van der Waals surface area contributed by atoms with E-state index in [-0.39, 0.29) is 11.9 Å². The number of nitrogens with zero attached hydrogens (tertiary/aromatic N) is 4. The van der Waals surface area contributed by atoms with Crippen molar-refractivity contribution in [3.05, 3.63) is 72.1 Å². The lowest BCUT2D eigenvalue weighted by atomic mass is 10.1. The van der Waals surface area contributed by atoms with E-state index in [1.54, 1.807) is 17.2 Å². The summed E-state index contributed by atoms with van der Waals surface area (Å²) < 4.78 is 3.70. The minimum atomic E-state index is -0.644. The van der Waals surface area contributed by atoms with E-state index in [2.05, 4.69) is 27.5 Å². The third-order valence-electron chi connectivity index (χ3n) is 4.24. The highest BCUT2D eigenvalue weighted by Gasteiger charge is 2.18. The van der Waals surface area contributed by atoms with Crippen LogP contribution in [0.15, 0.2) is 55.2 Å². The molecule has 0 saturated carbocycles. The van der Waals surface area contributed by atoms with Gasteiger partial charge in [0.15, 0.2) is 0 Å². The van der Waals surface area contributed by atoms with Gasteiger partial charge in [0.05, 0.1) is 30.3 Å². The molecule has 0 spiro atoms. The first-order valence-electron chi connectivity index (χ1n) is 8.60. The van der Waals surface area contributed by atoms with Crippen LogP contribution in [0, 0.1) is 0 Å². The Kier molecular flexibility index (Phi) is 5.48. The summed E-state index contributed by atoms with van der Waals surface area (Å²) >= 11 is 0. The Balaban J connectivity index is 1.54. The van der Waals surface area contributed by atoms with Crippen molar-refractivity contribution in [2.24, 2.45) is 12.8 Å². The molecule has 0 radical (unpaired) electrons. The molecular formula is C19H24N6O. The number of nitrogens with two attached hydrogens (primary N) is 1. The van der Waals surface area contributed by atoms with E-state index in [9.17, 15) is 4.79 Å². The van der Waals surface area contributed by atoms with Gasteiger partial charge in [0, 0.05) is 38.0 Å². The molecule has 2 aromatic heterocycles. The number of amides is 1. The molecule has 2 heterocycles. The van der Waals surface area contributed by atoms with Gasteiger partial charge in [-0.1, -0.05) is 30.3 Å². The molecule has 136 valence electrons. The number of aryl methyl sites for hydroxylation is 1. The number of rotatable bonds is 7. The third kappa shape index (κ3) is 4.58. The highest BCUT2D eigenvalue weighted by molar-refractivity contribution is 5.82.